The van der Waals surface area contributed by atoms with Crippen LogP contribution >= 0.6 is 0 Å². The first-order chi connectivity index (χ1) is 12.6. The number of hydrogen-bond donors (Lipinski definition) is 1. The van der Waals surface area contributed by atoms with Gasteiger partial charge < -0.3 is 10.2 Å². The van der Waals surface area contributed by atoms with Crippen molar-refractivity contribution in [2.45, 2.75) is 13.3 Å². The van der Waals surface area contributed by atoms with Gasteiger partial charge in [-0.2, -0.15) is 0 Å². The Morgan fingerprint density at radius 1 is 1.12 bits per heavy atom. The number of pyridine rings is 2. The predicted molar refractivity (Wildman–Crippen MR) is 105 cm³/mol. The molecule has 0 atom stereocenters. The van der Waals surface area contributed by atoms with E-state index in [1.165, 1.54) is 5.56 Å². The molecule has 0 saturated carbocycles. The summed E-state index contributed by atoms with van der Waals surface area (Å²) in [6.07, 6.45) is 6.22. The highest BCUT2D eigenvalue weighted by molar-refractivity contribution is 6.04. The highest BCUT2D eigenvalue weighted by atomic mass is 16.1. The summed E-state index contributed by atoms with van der Waals surface area (Å²) in [4.78, 5) is 22.9. The first-order valence-corrected chi connectivity index (χ1v) is 8.56. The van der Waals surface area contributed by atoms with Gasteiger partial charge in [-0.1, -0.05) is 17.7 Å². The van der Waals surface area contributed by atoms with Crippen LogP contribution in [0.4, 0.5) is 11.5 Å². The number of nitrogens with one attached hydrogen (secondary N) is 1. The number of nitrogens with zero attached hydrogens (tertiary/aromatic N) is 3. The highest BCUT2D eigenvalue weighted by Gasteiger charge is 2.08. The van der Waals surface area contributed by atoms with E-state index in [2.05, 4.69) is 20.2 Å². The largest absolute Gasteiger partial charge is 0.359 e. The van der Waals surface area contributed by atoms with Gasteiger partial charge in [-0.15, -0.1) is 0 Å². The smallest absolute Gasteiger partial charge is 0.255 e. The Morgan fingerprint density at radius 3 is 2.62 bits per heavy atom. The van der Waals surface area contributed by atoms with Crippen LogP contribution in [0, 0.1) is 6.92 Å². The van der Waals surface area contributed by atoms with E-state index in [-0.39, 0.29) is 5.91 Å². The van der Waals surface area contributed by atoms with Crippen LogP contribution < -0.4 is 10.2 Å². The fourth-order valence-electron chi connectivity index (χ4n) is 2.64. The molecule has 1 aromatic carbocycles. The van der Waals surface area contributed by atoms with Crippen molar-refractivity contribution in [2.75, 3.05) is 23.8 Å². The minimum Gasteiger partial charge on any atom is -0.359 e. The van der Waals surface area contributed by atoms with Gasteiger partial charge in [0.05, 0.1) is 11.9 Å². The lowest BCUT2D eigenvalue weighted by Gasteiger charge is -2.18. The second-order valence-corrected chi connectivity index (χ2v) is 6.26. The van der Waals surface area contributed by atoms with Gasteiger partial charge in [0, 0.05) is 31.5 Å². The summed E-state index contributed by atoms with van der Waals surface area (Å²) in [5, 5.41) is 2.88. The second-order valence-electron chi connectivity index (χ2n) is 6.26. The number of carbonyl (C=O) groups excluding carboxylic acids is 1. The summed E-state index contributed by atoms with van der Waals surface area (Å²) in [5.74, 6) is 0.738. The average molecular weight is 346 g/mol. The fourth-order valence-corrected chi connectivity index (χ4v) is 2.64. The molecular weight excluding hydrogens is 324 g/mol. The second kappa shape index (κ2) is 8.25. The number of rotatable bonds is 6. The molecule has 3 rings (SSSR count). The molecule has 1 N–H and O–H groups in total. The van der Waals surface area contributed by atoms with Crippen molar-refractivity contribution in [3.8, 4) is 0 Å². The lowest BCUT2D eigenvalue weighted by atomic mass is 10.1. The van der Waals surface area contributed by atoms with Gasteiger partial charge in [0.1, 0.15) is 5.82 Å². The third-order valence-corrected chi connectivity index (χ3v) is 4.16. The Hall–Kier alpha value is -3.21. The zero-order valence-electron chi connectivity index (χ0n) is 15.0. The Morgan fingerprint density at radius 2 is 1.92 bits per heavy atom. The summed E-state index contributed by atoms with van der Waals surface area (Å²) in [5.41, 5.74) is 3.63. The molecule has 0 spiro atoms. The molecule has 0 aliphatic heterocycles. The van der Waals surface area contributed by atoms with Gasteiger partial charge in [-0.3, -0.25) is 9.78 Å². The van der Waals surface area contributed by atoms with Crippen molar-refractivity contribution >= 4 is 17.4 Å². The monoisotopic (exact) mass is 346 g/mol. The van der Waals surface area contributed by atoms with E-state index in [0.717, 1.165) is 24.3 Å². The third kappa shape index (κ3) is 4.66. The number of aryl methyl sites for hydroxylation is 1. The number of benzene rings is 1. The van der Waals surface area contributed by atoms with E-state index in [1.54, 1.807) is 24.7 Å². The van der Waals surface area contributed by atoms with Crippen LogP contribution in [0.25, 0.3) is 0 Å². The van der Waals surface area contributed by atoms with Crippen molar-refractivity contribution in [2.24, 2.45) is 0 Å². The van der Waals surface area contributed by atoms with E-state index < -0.39 is 0 Å². The van der Waals surface area contributed by atoms with E-state index in [9.17, 15) is 4.79 Å². The van der Waals surface area contributed by atoms with Crippen LogP contribution in [0.5, 0.6) is 0 Å². The van der Waals surface area contributed by atoms with Gasteiger partial charge in [-0.05, 0) is 55.3 Å². The summed E-state index contributed by atoms with van der Waals surface area (Å²) >= 11 is 0. The van der Waals surface area contributed by atoms with Crippen LogP contribution in [0.2, 0.25) is 0 Å². The van der Waals surface area contributed by atoms with Gasteiger partial charge in [0.2, 0.25) is 0 Å². The van der Waals surface area contributed by atoms with Crippen LogP contribution in [0.1, 0.15) is 21.5 Å². The molecule has 0 fully saturated rings. The molecule has 26 heavy (non-hydrogen) atoms. The Bertz CT molecular complexity index is 863. The fraction of sp³-hybridized carbons (Fsp3) is 0.190. The predicted octanol–water partition coefficient (Wildman–Crippen LogP) is 3.72. The number of aromatic nitrogens is 2. The maximum absolute atomic E-state index is 12.3. The van der Waals surface area contributed by atoms with Crippen LogP contribution in [0.3, 0.4) is 0 Å². The minimum absolute atomic E-state index is 0.130. The molecule has 0 saturated heterocycles. The molecule has 0 aliphatic carbocycles. The van der Waals surface area contributed by atoms with Crippen molar-refractivity contribution in [1.82, 2.24) is 9.97 Å². The lowest BCUT2D eigenvalue weighted by Crippen LogP contribution is -2.21. The third-order valence-electron chi connectivity index (χ3n) is 4.16. The zero-order chi connectivity index (χ0) is 18.4. The molecular formula is C21H22N4O. The van der Waals surface area contributed by atoms with Gasteiger partial charge >= 0.3 is 0 Å². The number of carbonyl (C=O) groups is 1. The zero-order valence-corrected chi connectivity index (χ0v) is 15.0. The summed E-state index contributed by atoms with van der Waals surface area (Å²) in [6.45, 7) is 2.82. The maximum Gasteiger partial charge on any atom is 0.255 e. The molecule has 0 aliphatic rings. The summed E-state index contributed by atoms with van der Waals surface area (Å²) in [7, 11) is 2.01. The molecule has 1 amide bonds. The van der Waals surface area contributed by atoms with Crippen LogP contribution in [-0.4, -0.2) is 29.5 Å². The van der Waals surface area contributed by atoms with E-state index in [0.29, 0.717) is 11.3 Å². The molecule has 132 valence electrons. The summed E-state index contributed by atoms with van der Waals surface area (Å²) < 4.78 is 0. The first kappa shape index (κ1) is 17.6. The van der Waals surface area contributed by atoms with E-state index >= 15 is 0 Å². The maximum atomic E-state index is 12.3. The van der Waals surface area contributed by atoms with Crippen molar-refractivity contribution in [3.05, 3.63) is 83.8 Å². The molecule has 3 aromatic rings. The van der Waals surface area contributed by atoms with Crippen molar-refractivity contribution in [3.63, 3.8) is 0 Å². The molecule has 5 heteroatoms. The minimum atomic E-state index is -0.130. The number of amides is 1. The van der Waals surface area contributed by atoms with Crippen molar-refractivity contribution < 1.29 is 4.79 Å². The summed E-state index contributed by atoms with van der Waals surface area (Å²) in [6, 6.07) is 15.3. The van der Waals surface area contributed by atoms with Crippen LogP contribution in [-0.2, 0) is 6.42 Å². The van der Waals surface area contributed by atoms with Crippen LogP contribution in [0.15, 0.2) is 67.1 Å². The normalized spacial score (nSPS) is 10.4. The molecule has 0 radical (unpaired) electrons. The Balaban J connectivity index is 1.58. The Labute approximate surface area is 153 Å². The van der Waals surface area contributed by atoms with Gasteiger partial charge in [-0.25, -0.2) is 4.98 Å². The topological polar surface area (TPSA) is 58.1 Å². The molecule has 0 bridgehead atoms. The number of hydrogen-bond acceptors (Lipinski definition) is 4. The van der Waals surface area contributed by atoms with E-state index in [1.807, 2.05) is 56.4 Å². The Kier molecular flexibility index (Phi) is 5.59. The molecule has 0 unspecified atom stereocenters. The number of likely N-dealkylation sites (N-methyl/N-ethyl adjacent to an activating group) is 1. The van der Waals surface area contributed by atoms with E-state index in [4.69, 9.17) is 0 Å². The first-order valence-electron chi connectivity index (χ1n) is 8.56. The average Bonchev–Trinajstić information content (AvgIpc) is 2.67. The van der Waals surface area contributed by atoms with Crippen molar-refractivity contribution in [1.29, 1.82) is 0 Å². The highest BCUT2D eigenvalue weighted by Crippen LogP contribution is 2.15. The molecule has 2 aromatic heterocycles. The standard InChI is InChI=1S/C21H22N4O/c1-16-4-3-5-18(14-16)21(26)24-19-6-7-20(23-15-19)25(2)13-10-17-8-11-22-12-9-17/h3-9,11-12,14-15H,10,13H2,1-2H3,(H,24,26). The SMILES string of the molecule is Cc1cccc(C(=O)Nc2ccc(N(C)CCc3ccncc3)nc2)c1. The number of anilines is 2. The molecule has 2 heterocycles. The quantitative estimate of drug-likeness (QED) is 0.739. The van der Waals surface area contributed by atoms with Gasteiger partial charge in [0.15, 0.2) is 0 Å². The van der Waals surface area contributed by atoms with Gasteiger partial charge in [0.25, 0.3) is 5.91 Å². The lowest BCUT2D eigenvalue weighted by molar-refractivity contribution is 0.102. The molecule has 5 nitrogen and oxygen atoms in total.